The summed E-state index contributed by atoms with van der Waals surface area (Å²) in [5, 5.41) is 5.08. The molecule has 0 aliphatic heterocycles. The third-order valence-corrected chi connectivity index (χ3v) is 2.73. The molecule has 0 aromatic heterocycles. The molecule has 0 saturated carbocycles. The van der Waals surface area contributed by atoms with Crippen LogP contribution in [0.15, 0.2) is 12.7 Å². The highest BCUT2D eigenvalue weighted by molar-refractivity contribution is 5.90. The van der Waals surface area contributed by atoms with Crippen LogP contribution in [0.5, 0.6) is 0 Å². The molecule has 0 heterocycles. The number of ether oxygens (including phenoxy) is 1. The Morgan fingerprint density at radius 2 is 1.90 bits per heavy atom. The zero-order valence-corrected chi connectivity index (χ0v) is 13.1. The van der Waals surface area contributed by atoms with Gasteiger partial charge in [0.15, 0.2) is 0 Å². The summed E-state index contributed by atoms with van der Waals surface area (Å²) in [5.74, 6) is -1.47. The summed E-state index contributed by atoms with van der Waals surface area (Å²) in [6.07, 6.45) is 1.16. The Balaban J connectivity index is 4.61. The number of hydrogen-bond acceptors (Lipinski definition) is 5. The molecular weight excluding hydrogens is 274 g/mol. The van der Waals surface area contributed by atoms with Crippen molar-refractivity contribution in [1.82, 2.24) is 10.6 Å². The van der Waals surface area contributed by atoms with E-state index in [1.807, 2.05) is 20.8 Å². The van der Waals surface area contributed by atoms with Gasteiger partial charge >= 0.3 is 5.97 Å². The minimum absolute atomic E-state index is 0.0387. The first kappa shape index (κ1) is 19.1. The van der Waals surface area contributed by atoms with Crippen LogP contribution in [-0.4, -0.2) is 43.5 Å². The van der Waals surface area contributed by atoms with Crippen LogP contribution in [0.4, 0.5) is 0 Å². The SMILES string of the molecule is C=CCOC(=O)[C@H](N)CC(=O)N[C@H](C(=O)NC)C(C)(C)C. The molecule has 4 N–H and O–H groups in total. The second-order valence-corrected chi connectivity index (χ2v) is 5.71. The van der Waals surface area contributed by atoms with E-state index in [0.29, 0.717) is 0 Å². The lowest BCUT2D eigenvalue weighted by Crippen LogP contribution is -2.54. The molecule has 0 aliphatic carbocycles. The first-order chi connectivity index (χ1) is 9.63. The zero-order chi connectivity index (χ0) is 16.6. The second kappa shape index (κ2) is 8.41. The van der Waals surface area contributed by atoms with Gasteiger partial charge in [0, 0.05) is 7.05 Å². The van der Waals surface area contributed by atoms with Crippen LogP contribution in [-0.2, 0) is 19.1 Å². The smallest absolute Gasteiger partial charge is 0.323 e. The number of carbonyl (C=O) groups is 3. The van der Waals surface area contributed by atoms with E-state index < -0.39 is 29.4 Å². The lowest BCUT2D eigenvalue weighted by atomic mass is 9.86. The number of esters is 1. The Kier molecular flexibility index (Phi) is 7.65. The highest BCUT2D eigenvalue weighted by Crippen LogP contribution is 2.19. The summed E-state index contributed by atoms with van der Waals surface area (Å²) in [5.41, 5.74) is 5.11. The van der Waals surface area contributed by atoms with Crippen LogP contribution in [0.2, 0.25) is 0 Å². The van der Waals surface area contributed by atoms with Crippen LogP contribution in [0.3, 0.4) is 0 Å². The molecule has 0 bridgehead atoms. The number of nitrogens with one attached hydrogen (secondary N) is 2. The van der Waals surface area contributed by atoms with Gasteiger partial charge in [0.05, 0.1) is 6.42 Å². The van der Waals surface area contributed by atoms with Crippen LogP contribution >= 0.6 is 0 Å². The Morgan fingerprint density at radius 3 is 2.33 bits per heavy atom. The van der Waals surface area contributed by atoms with Gasteiger partial charge in [-0.2, -0.15) is 0 Å². The van der Waals surface area contributed by atoms with Gasteiger partial charge in [-0.05, 0) is 5.41 Å². The Bertz CT molecular complexity index is 402. The normalized spacial score (nSPS) is 13.8. The average Bonchev–Trinajstić information content (AvgIpc) is 2.39. The molecule has 2 amide bonds. The summed E-state index contributed by atoms with van der Waals surface area (Å²) in [6, 6.07) is -1.79. The predicted octanol–water partition coefficient (Wildman–Crippen LogP) is -0.290. The number of likely N-dealkylation sites (N-methyl/N-ethyl adjacent to an activating group) is 1. The van der Waals surface area contributed by atoms with Gasteiger partial charge in [-0.3, -0.25) is 14.4 Å². The number of amides is 2. The van der Waals surface area contributed by atoms with Gasteiger partial charge in [0.25, 0.3) is 0 Å². The molecule has 0 aromatic rings. The average molecular weight is 299 g/mol. The van der Waals surface area contributed by atoms with Gasteiger partial charge in [-0.25, -0.2) is 0 Å². The molecule has 2 atom stereocenters. The van der Waals surface area contributed by atoms with Crippen molar-refractivity contribution in [3.63, 3.8) is 0 Å². The van der Waals surface area contributed by atoms with Crippen molar-refractivity contribution in [3.8, 4) is 0 Å². The van der Waals surface area contributed by atoms with E-state index in [-0.39, 0.29) is 18.9 Å². The summed E-state index contributed by atoms with van der Waals surface area (Å²) < 4.78 is 4.75. The van der Waals surface area contributed by atoms with E-state index in [4.69, 9.17) is 10.5 Å². The maximum Gasteiger partial charge on any atom is 0.323 e. The number of carbonyl (C=O) groups excluding carboxylic acids is 3. The standard InChI is InChI=1S/C14H25N3O4/c1-6-7-21-13(20)9(15)8-10(18)17-11(12(19)16-5)14(2,3)4/h6,9,11H,1,7-8,15H2,2-5H3,(H,16,19)(H,17,18)/t9-,11-/m1/s1. The molecule has 7 nitrogen and oxygen atoms in total. The van der Waals surface area contributed by atoms with E-state index in [2.05, 4.69) is 17.2 Å². The third kappa shape index (κ3) is 6.89. The highest BCUT2D eigenvalue weighted by atomic mass is 16.5. The van der Waals surface area contributed by atoms with Crippen LogP contribution in [0, 0.1) is 5.41 Å². The molecular formula is C14H25N3O4. The number of nitrogens with two attached hydrogens (primary N) is 1. The topological polar surface area (TPSA) is 111 Å². The van der Waals surface area contributed by atoms with E-state index in [9.17, 15) is 14.4 Å². The van der Waals surface area contributed by atoms with E-state index >= 15 is 0 Å². The Hall–Kier alpha value is -1.89. The predicted molar refractivity (Wildman–Crippen MR) is 79.2 cm³/mol. The maximum absolute atomic E-state index is 11.9. The Labute approximate surface area is 125 Å². The largest absolute Gasteiger partial charge is 0.460 e. The van der Waals surface area contributed by atoms with Crippen molar-refractivity contribution in [2.75, 3.05) is 13.7 Å². The molecule has 0 radical (unpaired) electrons. The van der Waals surface area contributed by atoms with Crippen molar-refractivity contribution < 1.29 is 19.1 Å². The molecule has 0 rings (SSSR count). The number of rotatable bonds is 7. The summed E-state index contributed by atoms with van der Waals surface area (Å²) in [6.45, 7) is 8.92. The van der Waals surface area contributed by atoms with Crippen molar-refractivity contribution in [3.05, 3.63) is 12.7 Å². The fourth-order valence-electron chi connectivity index (χ4n) is 1.57. The van der Waals surface area contributed by atoms with Crippen LogP contribution in [0.25, 0.3) is 0 Å². The molecule has 120 valence electrons. The summed E-state index contributed by atoms with van der Waals surface area (Å²) in [4.78, 5) is 35.2. The zero-order valence-electron chi connectivity index (χ0n) is 13.1. The van der Waals surface area contributed by atoms with E-state index in [0.717, 1.165) is 0 Å². The summed E-state index contributed by atoms with van der Waals surface area (Å²) >= 11 is 0. The first-order valence-corrected chi connectivity index (χ1v) is 6.67. The Morgan fingerprint density at radius 1 is 1.33 bits per heavy atom. The van der Waals surface area contributed by atoms with Crippen molar-refractivity contribution in [1.29, 1.82) is 0 Å². The monoisotopic (exact) mass is 299 g/mol. The molecule has 0 aromatic carbocycles. The molecule has 0 aliphatic rings. The van der Waals surface area contributed by atoms with Gasteiger partial charge in [0.1, 0.15) is 18.7 Å². The quantitative estimate of drug-likeness (QED) is 0.442. The van der Waals surface area contributed by atoms with Crippen molar-refractivity contribution >= 4 is 17.8 Å². The van der Waals surface area contributed by atoms with E-state index in [1.165, 1.54) is 13.1 Å². The lowest BCUT2D eigenvalue weighted by molar-refractivity contribution is -0.145. The molecule has 0 fully saturated rings. The molecule has 21 heavy (non-hydrogen) atoms. The van der Waals surface area contributed by atoms with Gasteiger partial charge in [-0.1, -0.05) is 33.4 Å². The van der Waals surface area contributed by atoms with Gasteiger partial charge in [0.2, 0.25) is 11.8 Å². The highest BCUT2D eigenvalue weighted by Gasteiger charge is 2.32. The molecule has 0 unspecified atom stereocenters. The maximum atomic E-state index is 11.9. The third-order valence-electron chi connectivity index (χ3n) is 2.73. The lowest BCUT2D eigenvalue weighted by Gasteiger charge is -2.30. The molecule has 7 heteroatoms. The minimum Gasteiger partial charge on any atom is -0.460 e. The van der Waals surface area contributed by atoms with Crippen molar-refractivity contribution in [2.45, 2.75) is 39.3 Å². The fraction of sp³-hybridized carbons (Fsp3) is 0.643. The minimum atomic E-state index is -1.07. The fourth-order valence-corrected chi connectivity index (χ4v) is 1.57. The van der Waals surface area contributed by atoms with E-state index in [1.54, 1.807) is 0 Å². The second-order valence-electron chi connectivity index (χ2n) is 5.71. The van der Waals surface area contributed by atoms with Crippen molar-refractivity contribution in [2.24, 2.45) is 11.1 Å². The van der Waals surface area contributed by atoms with Crippen LogP contribution < -0.4 is 16.4 Å². The van der Waals surface area contributed by atoms with Gasteiger partial charge < -0.3 is 21.1 Å². The molecule has 0 spiro atoms. The van der Waals surface area contributed by atoms with Crippen LogP contribution in [0.1, 0.15) is 27.2 Å². The summed E-state index contributed by atoms with van der Waals surface area (Å²) in [7, 11) is 1.49. The first-order valence-electron chi connectivity index (χ1n) is 6.67. The van der Waals surface area contributed by atoms with Gasteiger partial charge in [-0.15, -0.1) is 0 Å². The number of hydrogen-bond donors (Lipinski definition) is 3. The molecule has 0 saturated heterocycles.